The van der Waals surface area contributed by atoms with Gasteiger partial charge in [-0.1, -0.05) is 30.3 Å². The molecule has 6 heteroatoms. The van der Waals surface area contributed by atoms with Crippen molar-refractivity contribution in [3.8, 4) is 6.07 Å². The fourth-order valence-electron chi connectivity index (χ4n) is 1.37. The first kappa shape index (κ1) is 11.7. The second-order valence-electron chi connectivity index (χ2n) is 3.55. The van der Waals surface area contributed by atoms with Crippen LogP contribution in [0, 0.1) is 16.7 Å². The van der Waals surface area contributed by atoms with E-state index in [1.165, 1.54) is 6.33 Å². The van der Waals surface area contributed by atoms with E-state index >= 15 is 0 Å². The fraction of sp³-hybridized carbons (Fsp3) is 0.0833. The number of anilines is 1. The van der Waals surface area contributed by atoms with Crippen molar-refractivity contribution >= 4 is 5.69 Å². The summed E-state index contributed by atoms with van der Waals surface area (Å²) in [7, 11) is 0. The molecule has 18 heavy (non-hydrogen) atoms. The van der Waals surface area contributed by atoms with Crippen LogP contribution in [0.3, 0.4) is 0 Å². The van der Waals surface area contributed by atoms with Crippen molar-refractivity contribution in [1.82, 2.24) is 9.71 Å². The minimum atomic E-state index is -0.0857. The Morgan fingerprint density at radius 2 is 2.11 bits per heavy atom. The summed E-state index contributed by atoms with van der Waals surface area (Å²) >= 11 is 0. The molecule has 2 aromatic rings. The zero-order chi connectivity index (χ0) is 13.0. The minimum Gasteiger partial charge on any atom is -0.406 e. The van der Waals surface area contributed by atoms with Crippen LogP contribution in [0.2, 0.25) is 0 Å². The zero-order valence-corrected chi connectivity index (χ0v) is 9.50. The SMILES string of the molecule is N#Cc1ncn(OCc2ccccc2)c(=N)c1N. The lowest BCUT2D eigenvalue weighted by atomic mass is 10.2. The highest BCUT2D eigenvalue weighted by atomic mass is 16.7. The molecular weight excluding hydrogens is 230 g/mol. The van der Waals surface area contributed by atoms with Gasteiger partial charge in [-0.2, -0.15) is 9.99 Å². The van der Waals surface area contributed by atoms with Crippen molar-refractivity contribution in [3.63, 3.8) is 0 Å². The third-order valence-corrected chi connectivity index (χ3v) is 2.34. The first-order valence-electron chi connectivity index (χ1n) is 5.21. The van der Waals surface area contributed by atoms with Gasteiger partial charge in [0.25, 0.3) is 0 Å². The second-order valence-corrected chi connectivity index (χ2v) is 3.55. The average molecular weight is 241 g/mol. The van der Waals surface area contributed by atoms with Crippen molar-refractivity contribution in [3.05, 3.63) is 53.4 Å². The van der Waals surface area contributed by atoms with Crippen LogP contribution in [-0.4, -0.2) is 9.71 Å². The lowest BCUT2D eigenvalue weighted by molar-refractivity contribution is 0.0842. The number of hydrogen-bond donors (Lipinski definition) is 2. The Labute approximate surface area is 103 Å². The molecule has 0 aliphatic carbocycles. The maximum absolute atomic E-state index is 8.72. The first-order valence-corrected chi connectivity index (χ1v) is 5.21. The highest BCUT2D eigenvalue weighted by Gasteiger charge is 2.05. The molecule has 0 unspecified atom stereocenters. The molecule has 0 aliphatic heterocycles. The molecule has 0 spiro atoms. The van der Waals surface area contributed by atoms with Crippen molar-refractivity contribution in [2.75, 3.05) is 5.73 Å². The summed E-state index contributed by atoms with van der Waals surface area (Å²) in [6, 6.07) is 11.3. The zero-order valence-electron chi connectivity index (χ0n) is 9.50. The number of benzene rings is 1. The predicted molar refractivity (Wildman–Crippen MR) is 63.9 cm³/mol. The van der Waals surface area contributed by atoms with E-state index in [1.54, 1.807) is 0 Å². The van der Waals surface area contributed by atoms with E-state index < -0.39 is 0 Å². The maximum Gasteiger partial charge on any atom is 0.188 e. The van der Waals surface area contributed by atoms with Gasteiger partial charge >= 0.3 is 0 Å². The molecule has 0 saturated heterocycles. The number of nitrogen functional groups attached to an aromatic ring is 1. The second kappa shape index (κ2) is 5.01. The van der Waals surface area contributed by atoms with E-state index in [0.29, 0.717) is 6.61 Å². The minimum absolute atomic E-state index is 0.00746. The standard InChI is InChI=1S/C12H11N5O/c13-6-10-11(14)12(15)17(8-16-10)18-7-9-4-2-1-3-5-9/h1-5,8,15H,7,14H2. The fourth-order valence-corrected chi connectivity index (χ4v) is 1.37. The summed E-state index contributed by atoms with van der Waals surface area (Å²) in [5.74, 6) is 0. The Balaban J connectivity index is 2.19. The number of nitrogens with zero attached hydrogens (tertiary/aromatic N) is 3. The number of hydrogen-bond acceptors (Lipinski definition) is 5. The van der Waals surface area contributed by atoms with Gasteiger partial charge in [0.2, 0.25) is 0 Å². The molecule has 0 aliphatic rings. The summed E-state index contributed by atoms with van der Waals surface area (Å²) < 4.78 is 1.14. The van der Waals surface area contributed by atoms with Gasteiger partial charge in [-0.3, -0.25) is 5.41 Å². The Kier molecular flexibility index (Phi) is 3.25. The lowest BCUT2D eigenvalue weighted by Gasteiger charge is -2.09. The highest BCUT2D eigenvalue weighted by Crippen LogP contribution is 2.00. The van der Waals surface area contributed by atoms with Crippen LogP contribution in [0.15, 0.2) is 36.7 Å². The van der Waals surface area contributed by atoms with E-state index in [-0.39, 0.29) is 16.9 Å². The molecule has 0 amide bonds. The van der Waals surface area contributed by atoms with E-state index in [1.807, 2.05) is 36.4 Å². The third-order valence-electron chi connectivity index (χ3n) is 2.34. The Morgan fingerprint density at radius 3 is 2.78 bits per heavy atom. The molecule has 1 heterocycles. The largest absolute Gasteiger partial charge is 0.406 e. The van der Waals surface area contributed by atoms with Crippen molar-refractivity contribution in [2.45, 2.75) is 6.61 Å². The van der Waals surface area contributed by atoms with E-state index in [9.17, 15) is 0 Å². The van der Waals surface area contributed by atoms with Gasteiger partial charge in [-0.05, 0) is 5.56 Å². The molecule has 0 radical (unpaired) electrons. The van der Waals surface area contributed by atoms with Gasteiger partial charge < -0.3 is 10.6 Å². The first-order chi connectivity index (χ1) is 8.72. The van der Waals surface area contributed by atoms with Crippen molar-refractivity contribution < 1.29 is 4.84 Å². The number of aromatic nitrogens is 2. The molecule has 2 rings (SSSR count). The quantitative estimate of drug-likeness (QED) is 0.814. The van der Waals surface area contributed by atoms with Gasteiger partial charge in [-0.15, -0.1) is 0 Å². The van der Waals surface area contributed by atoms with Gasteiger partial charge in [0.05, 0.1) is 0 Å². The molecule has 1 aromatic carbocycles. The number of nitrogens with two attached hydrogens (primary N) is 1. The van der Waals surface area contributed by atoms with Crippen LogP contribution in [0.25, 0.3) is 0 Å². The van der Waals surface area contributed by atoms with Gasteiger partial charge in [0.15, 0.2) is 11.2 Å². The number of rotatable bonds is 3. The molecule has 90 valence electrons. The number of nitriles is 1. The average Bonchev–Trinajstić information content (AvgIpc) is 2.42. The van der Waals surface area contributed by atoms with Crippen LogP contribution in [0.4, 0.5) is 5.69 Å². The predicted octanol–water partition coefficient (Wildman–Crippen LogP) is 0.445. The number of nitrogens with one attached hydrogen (secondary N) is 1. The van der Waals surface area contributed by atoms with Crippen molar-refractivity contribution in [2.24, 2.45) is 0 Å². The maximum atomic E-state index is 8.72. The van der Waals surface area contributed by atoms with Crippen LogP contribution in [0.1, 0.15) is 11.3 Å². The van der Waals surface area contributed by atoms with Gasteiger partial charge in [-0.25, -0.2) is 4.98 Å². The van der Waals surface area contributed by atoms with Crippen LogP contribution < -0.4 is 16.1 Å². The van der Waals surface area contributed by atoms with Gasteiger partial charge in [0, 0.05) is 0 Å². The molecular formula is C12H11N5O. The monoisotopic (exact) mass is 241 g/mol. The molecule has 6 nitrogen and oxygen atoms in total. The third kappa shape index (κ3) is 2.30. The normalized spacial score (nSPS) is 9.72. The van der Waals surface area contributed by atoms with E-state index in [2.05, 4.69) is 4.98 Å². The molecule has 0 fully saturated rings. The molecule has 1 aromatic heterocycles. The molecule has 0 saturated carbocycles. The Morgan fingerprint density at radius 1 is 1.39 bits per heavy atom. The lowest BCUT2D eigenvalue weighted by Crippen LogP contribution is -2.30. The summed E-state index contributed by atoms with van der Waals surface area (Å²) in [4.78, 5) is 9.18. The molecule has 3 N–H and O–H groups in total. The summed E-state index contributed by atoms with van der Waals surface area (Å²) in [5.41, 5.74) is 6.50. The van der Waals surface area contributed by atoms with Crippen LogP contribution in [0.5, 0.6) is 0 Å². The van der Waals surface area contributed by atoms with E-state index in [4.69, 9.17) is 21.2 Å². The summed E-state index contributed by atoms with van der Waals surface area (Å²) in [5, 5.41) is 16.4. The Bertz CT molecular complexity index is 642. The van der Waals surface area contributed by atoms with Crippen LogP contribution >= 0.6 is 0 Å². The topological polar surface area (TPSA) is 101 Å². The summed E-state index contributed by atoms with van der Waals surface area (Å²) in [6.45, 7) is 0.296. The summed E-state index contributed by atoms with van der Waals surface area (Å²) in [6.07, 6.45) is 1.26. The molecule has 0 bridgehead atoms. The van der Waals surface area contributed by atoms with E-state index in [0.717, 1.165) is 10.3 Å². The van der Waals surface area contributed by atoms with Crippen LogP contribution in [-0.2, 0) is 6.61 Å². The smallest absolute Gasteiger partial charge is 0.188 e. The van der Waals surface area contributed by atoms with Crippen molar-refractivity contribution in [1.29, 1.82) is 10.7 Å². The molecule has 0 atom stereocenters. The highest BCUT2D eigenvalue weighted by molar-refractivity contribution is 5.46. The Hall–Kier alpha value is -2.81. The van der Waals surface area contributed by atoms with Gasteiger partial charge in [0.1, 0.15) is 24.7 Å².